The van der Waals surface area contributed by atoms with Gasteiger partial charge in [-0.15, -0.1) is 0 Å². The summed E-state index contributed by atoms with van der Waals surface area (Å²) in [5.41, 5.74) is 3.99. The van der Waals surface area contributed by atoms with Crippen LogP contribution in [0.4, 0.5) is 0 Å². The fraction of sp³-hybridized carbons (Fsp3) is 0.158. The van der Waals surface area contributed by atoms with Gasteiger partial charge in [-0.05, 0) is 29.7 Å². The van der Waals surface area contributed by atoms with Crippen LogP contribution in [0.25, 0.3) is 22.3 Å². The predicted octanol–water partition coefficient (Wildman–Crippen LogP) is 4.21. The summed E-state index contributed by atoms with van der Waals surface area (Å²) in [6, 6.07) is 16.6. The molecule has 0 aliphatic heterocycles. The van der Waals surface area contributed by atoms with Crippen LogP contribution in [0.15, 0.2) is 70.2 Å². The highest BCUT2D eigenvalue weighted by Gasteiger charge is 2.17. The van der Waals surface area contributed by atoms with Crippen LogP contribution in [0.2, 0.25) is 0 Å². The molecule has 2 aromatic carbocycles. The third-order valence-corrected chi connectivity index (χ3v) is 4.83. The van der Waals surface area contributed by atoms with Gasteiger partial charge in [0.2, 0.25) is 10.0 Å². The smallest absolute Gasteiger partial charge is 0.238 e. The summed E-state index contributed by atoms with van der Waals surface area (Å²) in [7, 11) is -3.69. The summed E-state index contributed by atoms with van der Waals surface area (Å²) < 4.78 is 28.6. The topological polar surface area (TPSA) is 73.3 Å². The Balaban J connectivity index is 2.12. The summed E-state index contributed by atoms with van der Waals surface area (Å²) in [4.78, 5) is 0.102. The quantitative estimate of drug-likeness (QED) is 0.755. The second kappa shape index (κ2) is 6.63. The minimum Gasteiger partial charge on any atom is -0.468 e. The van der Waals surface area contributed by atoms with Crippen molar-refractivity contribution in [3.8, 4) is 22.3 Å². The van der Waals surface area contributed by atoms with E-state index in [0.29, 0.717) is 0 Å². The molecule has 0 spiro atoms. The monoisotopic (exact) mass is 341 g/mol. The van der Waals surface area contributed by atoms with Gasteiger partial charge in [0.15, 0.2) is 0 Å². The van der Waals surface area contributed by atoms with E-state index in [0.717, 1.165) is 40.9 Å². The normalized spacial score (nSPS) is 11.6. The SMILES string of the molecule is CCCc1occ(-c2ccc(S(N)(=O)=O)cc2)c1-c1ccccc1. The highest BCUT2D eigenvalue weighted by atomic mass is 32.2. The second-order valence-corrected chi connectivity index (χ2v) is 7.19. The lowest BCUT2D eigenvalue weighted by Crippen LogP contribution is -2.11. The van der Waals surface area contributed by atoms with Crippen molar-refractivity contribution in [2.24, 2.45) is 5.14 Å². The van der Waals surface area contributed by atoms with E-state index in [1.165, 1.54) is 12.1 Å². The fourth-order valence-corrected chi connectivity index (χ4v) is 3.28. The Labute approximate surface area is 142 Å². The molecular formula is C19H19NO3S. The molecule has 0 fully saturated rings. The molecule has 24 heavy (non-hydrogen) atoms. The van der Waals surface area contributed by atoms with Crippen LogP contribution in [0.3, 0.4) is 0 Å². The largest absolute Gasteiger partial charge is 0.468 e. The van der Waals surface area contributed by atoms with Crippen molar-refractivity contribution in [2.75, 3.05) is 0 Å². The maximum absolute atomic E-state index is 11.4. The molecule has 0 atom stereocenters. The van der Waals surface area contributed by atoms with Crippen LogP contribution in [0.5, 0.6) is 0 Å². The molecule has 0 aliphatic rings. The Kier molecular flexibility index (Phi) is 4.55. The summed E-state index contributed by atoms with van der Waals surface area (Å²) >= 11 is 0. The van der Waals surface area contributed by atoms with Crippen molar-refractivity contribution >= 4 is 10.0 Å². The van der Waals surface area contributed by atoms with Crippen LogP contribution in [-0.2, 0) is 16.4 Å². The molecule has 1 aromatic heterocycles. The molecule has 0 bridgehead atoms. The van der Waals surface area contributed by atoms with Gasteiger partial charge in [0, 0.05) is 17.5 Å². The highest BCUT2D eigenvalue weighted by molar-refractivity contribution is 7.89. The van der Waals surface area contributed by atoms with Gasteiger partial charge in [-0.3, -0.25) is 0 Å². The van der Waals surface area contributed by atoms with Gasteiger partial charge < -0.3 is 4.42 Å². The van der Waals surface area contributed by atoms with Crippen molar-refractivity contribution in [1.82, 2.24) is 0 Å². The van der Waals surface area contributed by atoms with Crippen molar-refractivity contribution in [3.05, 3.63) is 66.6 Å². The molecule has 2 N–H and O–H groups in total. The Morgan fingerprint density at radius 1 is 0.958 bits per heavy atom. The van der Waals surface area contributed by atoms with Gasteiger partial charge in [-0.25, -0.2) is 13.6 Å². The van der Waals surface area contributed by atoms with Crippen LogP contribution in [0.1, 0.15) is 19.1 Å². The third-order valence-electron chi connectivity index (χ3n) is 3.90. The first-order valence-corrected chi connectivity index (χ1v) is 9.34. The molecule has 4 nitrogen and oxygen atoms in total. The Bertz CT molecular complexity index is 927. The van der Waals surface area contributed by atoms with Crippen molar-refractivity contribution in [1.29, 1.82) is 0 Å². The first kappa shape index (κ1) is 16.5. The number of benzene rings is 2. The zero-order valence-corrected chi connectivity index (χ0v) is 14.2. The minimum absolute atomic E-state index is 0.102. The molecule has 0 amide bonds. The summed E-state index contributed by atoms with van der Waals surface area (Å²) in [6.45, 7) is 2.11. The Morgan fingerprint density at radius 2 is 1.62 bits per heavy atom. The molecule has 3 rings (SSSR count). The molecular weight excluding hydrogens is 322 g/mol. The first-order valence-electron chi connectivity index (χ1n) is 7.79. The summed E-state index contributed by atoms with van der Waals surface area (Å²) in [5, 5.41) is 5.16. The third kappa shape index (κ3) is 3.27. The lowest BCUT2D eigenvalue weighted by molar-refractivity contribution is 0.508. The average molecular weight is 341 g/mol. The highest BCUT2D eigenvalue weighted by Crippen LogP contribution is 2.37. The number of primary sulfonamides is 1. The van der Waals surface area contributed by atoms with Gasteiger partial charge in [-0.2, -0.15) is 0 Å². The minimum atomic E-state index is -3.69. The van der Waals surface area contributed by atoms with Crippen molar-refractivity contribution in [2.45, 2.75) is 24.7 Å². The number of aryl methyl sites for hydroxylation is 1. The van der Waals surface area contributed by atoms with E-state index < -0.39 is 10.0 Å². The molecule has 5 heteroatoms. The lowest BCUT2D eigenvalue weighted by Gasteiger charge is -2.07. The summed E-state index contributed by atoms with van der Waals surface area (Å²) in [5.74, 6) is 0.939. The van der Waals surface area contributed by atoms with Crippen molar-refractivity contribution < 1.29 is 12.8 Å². The molecule has 3 aromatic rings. The van der Waals surface area contributed by atoms with E-state index in [1.54, 1.807) is 18.4 Å². The van der Waals surface area contributed by atoms with Gasteiger partial charge >= 0.3 is 0 Å². The van der Waals surface area contributed by atoms with Crippen molar-refractivity contribution in [3.63, 3.8) is 0 Å². The van der Waals surface area contributed by atoms with Crippen LogP contribution in [0, 0.1) is 0 Å². The van der Waals surface area contributed by atoms with Gasteiger partial charge in [-0.1, -0.05) is 49.4 Å². The van der Waals surface area contributed by atoms with E-state index in [1.807, 2.05) is 30.3 Å². The lowest BCUT2D eigenvalue weighted by atomic mass is 9.96. The predicted molar refractivity (Wildman–Crippen MR) is 94.9 cm³/mol. The standard InChI is InChI=1S/C19H19NO3S/c1-2-6-18-19(15-7-4-3-5-8-15)17(13-23-18)14-9-11-16(12-10-14)24(20,21)22/h3-5,7-13H,2,6H2,1H3,(H2,20,21,22). The zero-order chi connectivity index (χ0) is 17.2. The number of hydrogen-bond donors (Lipinski definition) is 1. The number of rotatable bonds is 5. The molecule has 124 valence electrons. The molecule has 0 unspecified atom stereocenters. The van der Waals surface area contributed by atoms with Gasteiger partial charge in [0.25, 0.3) is 0 Å². The Hall–Kier alpha value is -2.37. The molecule has 0 saturated carbocycles. The number of hydrogen-bond acceptors (Lipinski definition) is 3. The Morgan fingerprint density at radius 3 is 2.21 bits per heavy atom. The number of nitrogens with two attached hydrogens (primary N) is 1. The maximum Gasteiger partial charge on any atom is 0.238 e. The fourth-order valence-electron chi connectivity index (χ4n) is 2.77. The zero-order valence-electron chi connectivity index (χ0n) is 13.4. The van der Waals surface area contributed by atoms with Gasteiger partial charge in [0.05, 0.1) is 11.2 Å². The number of sulfonamides is 1. The van der Waals surface area contributed by atoms with E-state index in [2.05, 4.69) is 6.92 Å². The van der Waals surface area contributed by atoms with Crippen LogP contribution >= 0.6 is 0 Å². The maximum atomic E-state index is 11.4. The first-order chi connectivity index (χ1) is 11.5. The molecule has 0 aliphatic carbocycles. The molecule has 1 heterocycles. The second-order valence-electron chi connectivity index (χ2n) is 5.63. The van der Waals surface area contributed by atoms with Crippen LogP contribution < -0.4 is 5.14 Å². The molecule has 0 radical (unpaired) electrons. The van der Waals surface area contributed by atoms with E-state index in [9.17, 15) is 8.42 Å². The average Bonchev–Trinajstić information content (AvgIpc) is 2.99. The van der Waals surface area contributed by atoms with E-state index in [4.69, 9.17) is 9.56 Å². The van der Waals surface area contributed by atoms with Gasteiger partial charge in [0.1, 0.15) is 5.76 Å². The van der Waals surface area contributed by atoms with E-state index >= 15 is 0 Å². The van der Waals surface area contributed by atoms with E-state index in [-0.39, 0.29) is 4.90 Å². The van der Waals surface area contributed by atoms with Crippen LogP contribution in [-0.4, -0.2) is 8.42 Å². The summed E-state index contributed by atoms with van der Waals surface area (Å²) in [6.07, 6.45) is 3.57. The molecule has 0 saturated heterocycles. The number of furan rings is 1.